The summed E-state index contributed by atoms with van der Waals surface area (Å²) in [5.74, 6) is -4.53. The van der Waals surface area contributed by atoms with E-state index in [1.807, 2.05) is 35.5 Å². The van der Waals surface area contributed by atoms with Gasteiger partial charge in [-0.05, 0) is 42.8 Å². The lowest BCUT2D eigenvalue weighted by Gasteiger charge is -2.24. The minimum Gasteiger partial charge on any atom is -0.475 e. The Morgan fingerprint density at radius 2 is 1.49 bits per heavy atom. The Labute approximate surface area is 206 Å². The Morgan fingerprint density at radius 3 is 1.97 bits per heavy atom. The number of likely N-dealkylation sites (tertiary alicyclic amines) is 1. The van der Waals surface area contributed by atoms with Crippen LogP contribution in [-0.4, -0.2) is 74.9 Å². The lowest BCUT2D eigenvalue weighted by molar-refractivity contribution is -0.193. The molecule has 0 bridgehead atoms. The zero-order chi connectivity index (χ0) is 27.9. The number of carboxylic acids is 2. The van der Waals surface area contributed by atoms with E-state index in [4.69, 9.17) is 19.8 Å². The van der Waals surface area contributed by atoms with Crippen LogP contribution in [0.4, 0.5) is 32.2 Å². The fourth-order valence-corrected chi connectivity index (χ4v) is 3.80. The number of pyridine rings is 2. The van der Waals surface area contributed by atoms with E-state index in [0.29, 0.717) is 6.42 Å². The molecule has 9 nitrogen and oxygen atoms in total. The summed E-state index contributed by atoms with van der Waals surface area (Å²) in [6, 6.07) is 9.85. The van der Waals surface area contributed by atoms with Gasteiger partial charge in [0.15, 0.2) is 0 Å². The van der Waals surface area contributed by atoms with Crippen molar-refractivity contribution in [2.75, 3.05) is 24.5 Å². The van der Waals surface area contributed by atoms with E-state index in [1.165, 1.54) is 5.56 Å². The maximum atomic E-state index is 12.5. The summed E-state index contributed by atoms with van der Waals surface area (Å²) in [5.41, 5.74) is 1.37. The largest absolute Gasteiger partial charge is 0.490 e. The van der Waals surface area contributed by atoms with Gasteiger partial charge in [-0.15, -0.1) is 0 Å². The number of halogens is 6. The lowest BCUT2D eigenvalue weighted by atomic mass is 9.86. The fraction of sp³-hybridized carbons (Fsp3) is 0.409. The number of carbonyl (C=O) groups is 3. The highest BCUT2D eigenvalue weighted by Gasteiger charge is 2.48. The molecule has 2 fully saturated rings. The standard InChI is InChI=1S/C18H20N4O.2C2HF3O2/c23-17-11-18(14-22(17)16-3-1-2-7-20-16)6-10-21(13-18)12-15-4-8-19-9-5-15;2*3-2(4,5)1(6)7/h1-5,7-9H,6,10-14H2;2*(H,6,7). The second-order valence-electron chi connectivity index (χ2n) is 8.27. The van der Waals surface area contributed by atoms with Crippen LogP contribution in [0.2, 0.25) is 0 Å². The van der Waals surface area contributed by atoms with Gasteiger partial charge in [0.2, 0.25) is 5.91 Å². The molecule has 1 spiro atoms. The molecule has 0 aliphatic carbocycles. The summed E-state index contributed by atoms with van der Waals surface area (Å²) in [4.78, 5) is 43.0. The van der Waals surface area contributed by atoms with Crippen molar-refractivity contribution in [2.45, 2.75) is 31.7 Å². The van der Waals surface area contributed by atoms with Crippen molar-refractivity contribution < 1.29 is 50.9 Å². The van der Waals surface area contributed by atoms with E-state index in [2.05, 4.69) is 27.0 Å². The number of rotatable bonds is 3. The van der Waals surface area contributed by atoms with Crippen molar-refractivity contribution >= 4 is 23.7 Å². The number of nitrogens with zero attached hydrogens (tertiary/aromatic N) is 4. The van der Waals surface area contributed by atoms with E-state index in [9.17, 15) is 31.1 Å². The fourth-order valence-electron chi connectivity index (χ4n) is 3.80. The van der Waals surface area contributed by atoms with Crippen LogP contribution in [0.15, 0.2) is 48.9 Å². The summed E-state index contributed by atoms with van der Waals surface area (Å²) in [6.07, 6.45) is -3.03. The molecule has 1 unspecified atom stereocenters. The first-order chi connectivity index (χ1) is 17.1. The first kappa shape index (κ1) is 29.5. The average Bonchev–Trinajstić information content (AvgIpc) is 3.36. The molecule has 2 aromatic heterocycles. The van der Waals surface area contributed by atoms with Crippen LogP contribution in [0, 0.1) is 5.41 Å². The number of carboxylic acid groups (broad SMARTS) is 2. The topological polar surface area (TPSA) is 124 Å². The maximum Gasteiger partial charge on any atom is 0.490 e. The third-order valence-electron chi connectivity index (χ3n) is 5.40. The van der Waals surface area contributed by atoms with Crippen molar-refractivity contribution in [1.29, 1.82) is 0 Å². The molecule has 0 radical (unpaired) electrons. The van der Waals surface area contributed by atoms with Gasteiger partial charge in [-0.2, -0.15) is 26.3 Å². The van der Waals surface area contributed by atoms with Crippen molar-refractivity contribution in [2.24, 2.45) is 5.41 Å². The zero-order valence-electron chi connectivity index (χ0n) is 19.0. The quantitative estimate of drug-likeness (QED) is 0.573. The van der Waals surface area contributed by atoms with E-state index >= 15 is 0 Å². The molecule has 1 amide bonds. The van der Waals surface area contributed by atoms with Crippen LogP contribution in [0.5, 0.6) is 0 Å². The van der Waals surface area contributed by atoms with Gasteiger partial charge in [0.1, 0.15) is 5.82 Å². The molecule has 15 heteroatoms. The molecular weight excluding hydrogens is 514 g/mol. The first-order valence-electron chi connectivity index (χ1n) is 10.6. The first-order valence-corrected chi connectivity index (χ1v) is 10.6. The Bertz CT molecular complexity index is 1040. The molecule has 202 valence electrons. The molecule has 0 aromatic carbocycles. The van der Waals surface area contributed by atoms with E-state index in [1.54, 1.807) is 6.20 Å². The van der Waals surface area contributed by atoms with Crippen molar-refractivity contribution in [3.05, 3.63) is 54.5 Å². The van der Waals surface area contributed by atoms with Gasteiger partial charge < -0.3 is 10.2 Å². The van der Waals surface area contributed by atoms with Crippen LogP contribution in [0.25, 0.3) is 0 Å². The molecule has 4 heterocycles. The third-order valence-corrected chi connectivity index (χ3v) is 5.40. The molecular formula is C22H22F6N4O5. The van der Waals surface area contributed by atoms with E-state index in [-0.39, 0.29) is 11.3 Å². The van der Waals surface area contributed by atoms with Gasteiger partial charge in [0.05, 0.1) is 0 Å². The number of aliphatic carboxylic acids is 2. The van der Waals surface area contributed by atoms with Crippen molar-refractivity contribution in [3.63, 3.8) is 0 Å². The number of amides is 1. The SMILES string of the molecule is O=C(O)C(F)(F)F.O=C(O)C(F)(F)F.O=C1CC2(CCN(Cc3ccncc3)C2)CN1c1ccccn1. The van der Waals surface area contributed by atoms with Gasteiger partial charge in [-0.3, -0.25) is 19.6 Å². The second-order valence-corrected chi connectivity index (χ2v) is 8.27. The monoisotopic (exact) mass is 536 g/mol. The van der Waals surface area contributed by atoms with Crippen LogP contribution < -0.4 is 4.90 Å². The van der Waals surface area contributed by atoms with E-state index < -0.39 is 24.3 Å². The summed E-state index contributed by atoms with van der Waals surface area (Å²) in [6.45, 7) is 3.74. The molecule has 1 atom stereocenters. The third kappa shape index (κ3) is 9.00. The smallest absolute Gasteiger partial charge is 0.475 e. The molecule has 2 aromatic rings. The van der Waals surface area contributed by atoms with Crippen LogP contribution >= 0.6 is 0 Å². The Morgan fingerprint density at radius 1 is 0.919 bits per heavy atom. The minimum absolute atomic E-state index is 0.0850. The number of anilines is 1. The summed E-state index contributed by atoms with van der Waals surface area (Å²) >= 11 is 0. The second kappa shape index (κ2) is 12.0. The van der Waals surface area contributed by atoms with Crippen LogP contribution in [0.1, 0.15) is 18.4 Å². The number of hydrogen-bond acceptors (Lipinski definition) is 6. The van der Waals surface area contributed by atoms with Crippen LogP contribution in [-0.2, 0) is 20.9 Å². The molecule has 0 saturated carbocycles. The Kier molecular flexibility index (Phi) is 9.55. The molecule has 4 rings (SSSR count). The molecule has 2 aliphatic heterocycles. The van der Waals surface area contributed by atoms with E-state index in [0.717, 1.165) is 38.4 Å². The Hall–Kier alpha value is -3.75. The van der Waals surface area contributed by atoms with Gasteiger partial charge in [-0.1, -0.05) is 6.07 Å². The molecule has 2 N–H and O–H groups in total. The number of alkyl halides is 6. The van der Waals surface area contributed by atoms with Gasteiger partial charge in [0.25, 0.3) is 0 Å². The number of carbonyl (C=O) groups excluding carboxylic acids is 1. The lowest BCUT2D eigenvalue weighted by Crippen LogP contribution is -2.31. The summed E-state index contributed by atoms with van der Waals surface area (Å²) < 4.78 is 63.5. The van der Waals surface area contributed by atoms with Gasteiger partial charge in [0, 0.05) is 50.1 Å². The number of hydrogen-bond donors (Lipinski definition) is 2. The highest BCUT2D eigenvalue weighted by molar-refractivity contribution is 5.95. The van der Waals surface area contributed by atoms with Gasteiger partial charge >= 0.3 is 24.3 Å². The predicted octanol–water partition coefficient (Wildman–Crippen LogP) is 3.37. The Balaban J connectivity index is 0.000000286. The number of aromatic nitrogens is 2. The highest BCUT2D eigenvalue weighted by atomic mass is 19.4. The minimum atomic E-state index is -5.08. The van der Waals surface area contributed by atoms with Gasteiger partial charge in [-0.25, -0.2) is 14.6 Å². The molecule has 37 heavy (non-hydrogen) atoms. The van der Waals surface area contributed by atoms with Crippen molar-refractivity contribution in [1.82, 2.24) is 14.9 Å². The molecule has 2 aliphatic rings. The average molecular weight is 536 g/mol. The maximum absolute atomic E-state index is 12.5. The predicted molar refractivity (Wildman–Crippen MR) is 115 cm³/mol. The normalized spacial score (nSPS) is 19.6. The highest BCUT2D eigenvalue weighted by Crippen LogP contribution is 2.41. The van der Waals surface area contributed by atoms with Crippen molar-refractivity contribution in [3.8, 4) is 0 Å². The summed E-state index contributed by atoms with van der Waals surface area (Å²) in [5, 5.41) is 14.2. The summed E-state index contributed by atoms with van der Waals surface area (Å²) in [7, 11) is 0. The molecule has 2 saturated heterocycles. The van der Waals surface area contributed by atoms with Crippen LogP contribution in [0.3, 0.4) is 0 Å². The zero-order valence-corrected chi connectivity index (χ0v) is 19.0.